The van der Waals surface area contributed by atoms with Crippen LogP contribution in [0.15, 0.2) is 29.2 Å². The van der Waals surface area contributed by atoms with Gasteiger partial charge in [0.1, 0.15) is 0 Å². The number of rotatable bonds is 6. The summed E-state index contributed by atoms with van der Waals surface area (Å²) in [6, 6.07) is 5.28. The molecule has 0 aromatic heterocycles. The zero-order valence-electron chi connectivity index (χ0n) is 14.0. The van der Waals surface area contributed by atoms with E-state index in [0.29, 0.717) is 31.8 Å². The maximum atomic E-state index is 12.5. The first-order valence-corrected chi connectivity index (χ1v) is 8.63. The highest BCUT2D eigenvalue weighted by Gasteiger charge is 2.30. The molecule has 1 N–H and O–H groups in total. The predicted molar refractivity (Wildman–Crippen MR) is 89.1 cm³/mol. The molecule has 2 rings (SSSR count). The molecule has 144 valence electrons. The van der Waals surface area contributed by atoms with Crippen LogP contribution < -0.4 is 0 Å². The molecule has 1 fully saturated rings. The van der Waals surface area contributed by atoms with Crippen molar-refractivity contribution in [1.29, 1.82) is 0 Å². The minimum atomic E-state index is -4.37. The van der Waals surface area contributed by atoms with Gasteiger partial charge in [-0.15, -0.1) is 0 Å². The van der Waals surface area contributed by atoms with Crippen molar-refractivity contribution in [2.45, 2.75) is 16.5 Å². The maximum absolute atomic E-state index is 12.5. The van der Waals surface area contributed by atoms with E-state index in [1.165, 1.54) is 24.3 Å². The molecule has 1 aliphatic heterocycles. The van der Waals surface area contributed by atoms with Gasteiger partial charge in [0.15, 0.2) is 0 Å². The van der Waals surface area contributed by atoms with E-state index < -0.39 is 11.5 Å². The summed E-state index contributed by atoms with van der Waals surface area (Å²) in [7, 11) is 1.65. The lowest BCUT2D eigenvalue weighted by Gasteiger charge is -2.34. The normalized spacial score (nSPS) is 18.2. The third-order valence-corrected chi connectivity index (χ3v) is 4.42. The van der Waals surface area contributed by atoms with Crippen LogP contribution in [-0.2, 0) is 9.53 Å². The lowest BCUT2D eigenvalue weighted by atomic mass is 10.1. The average molecular weight is 392 g/mol. The van der Waals surface area contributed by atoms with E-state index in [4.69, 9.17) is 9.84 Å². The van der Waals surface area contributed by atoms with E-state index in [9.17, 15) is 22.8 Å². The minimum Gasteiger partial charge on any atom is -0.480 e. The van der Waals surface area contributed by atoms with Crippen LogP contribution in [0.5, 0.6) is 0 Å². The summed E-state index contributed by atoms with van der Waals surface area (Å²) in [5, 5.41) is 8.78. The van der Waals surface area contributed by atoms with E-state index in [0.717, 1.165) is 0 Å². The molecule has 1 aromatic carbocycles. The van der Waals surface area contributed by atoms with Gasteiger partial charge in [-0.05, 0) is 43.1 Å². The molecule has 1 saturated heterocycles. The Balaban J connectivity index is 1.95. The van der Waals surface area contributed by atoms with Crippen LogP contribution in [0.2, 0.25) is 0 Å². The SMILES string of the molecule is CN(CC(=O)O)CC1CN(C(=O)c2ccc(SC(F)(F)F)cc2)CCO1. The van der Waals surface area contributed by atoms with Gasteiger partial charge in [0.25, 0.3) is 5.91 Å². The summed E-state index contributed by atoms with van der Waals surface area (Å²) < 4.78 is 42.6. The molecule has 0 aliphatic carbocycles. The number of alkyl halides is 3. The molecule has 0 spiro atoms. The van der Waals surface area contributed by atoms with E-state index >= 15 is 0 Å². The van der Waals surface area contributed by atoms with Crippen molar-refractivity contribution < 1.29 is 32.6 Å². The molecular weight excluding hydrogens is 373 g/mol. The van der Waals surface area contributed by atoms with Crippen LogP contribution in [0, 0.1) is 0 Å². The van der Waals surface area contributed by atoms with Crippen molar-refractivity contribution in [3.63, 3.8) is 0 Å². The quantitative estimate of drug-likeness (QED) is 0.749. The maximum Gasteiger partial charge on any atom is 0.446 e. The zero-order valence-corrected chi connectivity index (χ0v) is 14.8. The summed E-state index contributed by atoms with van der Waals surface area (Å²) in [5.41, 5.74) is -4.07. The van der Waals surface area contributed by atoms with Crippen LogP contribution in [0.1, 0.15) is 10.4 Å². The molecule has 1 aliphatic rings. The molecule has 1 heterocycles. The number of morpholine rings is 1. The number of carboxylic acid groups (broad SMARTS) is 1. The van der Waals surface area contributed by atoms with E-state index in [-0.39, 0.29) is 35.2 Å². The monoisotopic (exact) mass is 392 g/mol. The van der Waals surface area contributed by atoms with Gasteiger partial charge in [0, 0.05) is 30.1 Å². The smallest absolute Gasteiger partial charge is 0.446 e. The molecule has 1 aromatic rings. The molecule has 1 atom stereocenters. The second kappa shape index (κ2) is 8.74. The van der Waals surface area contributed by atoms with Crippen molar-refractivity contribution in [3.05, 3.63) is 29.8 Å². The number of thioether (sulfide) groups is 1. The molecule has 1 amide bonds. The van der Waals surface area contributed by atoms with Gasteiger partial charge in [-0.25, -0.2) is 0 Å². The number of halogens is 3. The number of hydrogen-bond donors (Lipinski definition) is 1. The van der Waals surface area contributed by atoms with Crippen LogP contribution in [0.3, 0.4) is 0 Å². The molecule has 6 nitrogen and oxygen atoms in total. The van der Waals surface area contributed by atoms with Gasteiger partial charge >= 0.3 is 11.5 Å². The topological polar surface area (TPSA) is 70.1 Å². The molecule has 0 bridgehead atoms. The second-order valence-electron chi connectivity index (χ2n) is 5.91. The fourth-order valence-electron chi connectivity index (χ4n) is 2.64. The average Bonchev–Trinajstić information content (AvgIpc) is 2.53. The Labute approximate surface area is 152 Å². The van der Waals surface area contributed by atoms with Gasteiger partial charge in [-0.1, -0.05) is 0 Å². The molecule has 26 heavy (non-hydrogen) atoms. The molecule has 10 heteroatoms. The molecule has 1 unspecified atom stereocenters. The predicted octanol–water partition coefficient (Wildman–Crippen LogP) is 2.16. The Bertz CT molecular complexity index is 639. The number of aliphatic carboxylic acids is 1. The first kappa shape index (κ1) is 20.5. The molecule has 0 saturated carbocycles. The highest BCUT2D eigenvalue weighted by molar-refractivity contribution is 8.00. The lowest BCUT2D eigenvalue weighted by Crippen LogP contribution is -2.49. The highest BCUT2D eigenvalue weighted by Crippen LogP contribution is 2.36. The van der Waals surface area contributed by atoms with Gasteiger partial charge in [0.05, 0.1) is 19.3 Å². The van der Waals surface area contributed by atoms with Gasteiger partial charge in [-0.3, -0.25) is 14.5 Å². The minimum absolute atomic E-state index is 0.0178. The Kier molecular flexibility index (Phi) is 6.90. The van der Waals surface area contributed by atoms with Crippen molar-refractivity contribution >= 4 is 23.6 Å². The van der Waals surface area contributed by atoms with E-state index in [1.807, 2.05) is 0 Å². The first-order valence-electron chi connectivity index (χ1n) is 7.81. The summed E-state index contributed by atoms with van der Waals surface area (Å²) in [5.74, 6) is -1.24. The summed E-state index contributed by atoms with van der Waals surface area (Å²) in [6.07, 6.45) is -0.322. The molecule has 0 radical (unpaired) electrons. The Hall–Kier alpha value is -1.78. The van der Waals surface area contributed by atoms with Crippen molar-refractivity contribution in [2.75, 3.05) is 39.8 Å². The number of amides is 1. The third kappa shape index (κ3) is 6.50. The highest BCUT2D eigenvalue weighted by atomic mass is 32.2. The van der Waals surface area contributed by atoms with Gasteiger partial charge in [-0.2, -0.15) is 13.2 Å². The number of carbonyl (C=O) groups excluding carboxylic acids is 1. The Morgan fingerprint density at radius 1 is 1.35 bits per heavy atom. The van der Waals surface area contributed by atoms with E-state index in [1.54, 1.807) is 16.8 Å². The fourth-order valence-corrected chi connectivity index (χ4v) is 3.18. The number of carboxylic acids is 1. The summed E-state index contributed by atoms with van der Waals surface area (Å²) in [6.45, 7) is 1.21. The first-order chi connectivity index (χ1) is 12.1. The second-order valence-corrected chi connectivity index (χ2v) is 7.05. The van der Waals surface area contributed by atoms with Crippen LogP contribution in [0.4, 0.5) is 13.2 Å². The fraction of sp³-hybridized carbons (Fsp3) is 0.500. The van der Waals surface area contributed by atoms with Crippen LogP contribution in [0.25, 0.3) is 0 Å². The largest absolute Gasteiger partial charge is 0.480 e. The van der Waals surface area contributed by atoms with Crippen molar-refractivity contribution in [1.82, 2.24) is 9.80 Å². The standard InChI is InChI=1S/C16H19F3N2O4S/c1-20(10-14(22)23)8-12-9-21(6-7-25-12)15(24)11-2-4-13(5-3-11)26-16(17,18)19/h2-5,12H,6-10H2,1H3,(H,22,23). The lowest BCUT2D eigenvalue weighted by molar-refractivity contribution is -0.138. The third-order valence-electron chi connectivity index (χ3n) is 3.68. The number of nitrogens with zero attached hydrogens (tertiary/aromatic N) is 2. The van der Waals surface area contributed by atoms with Gasteiger partial charge < -0.3 is 14.7 Å². The Morgan fingerprint density at radius 2 is 2.00 bits per heavy atom. The number of benzene rings is 1. The Morgan fingerprint density at radius 3 is 2.58 bits per heavy atom. The number of hydrogen-bond acceptors (Lipinski definition) is 5. The van der Waals surface area contributed by atoms with Crippen LogP contribution >= 0.6 is 11.8 Å². The summed E-state index contributed by atoms with van der Waals surface area (Å²) >= 11 is -0.230. The number of ether oxygens (including phenoxy) is 1. The number of likely N-dealkylation sites (N-methyl/N-ethyl adjacent to an activating group) is 1. The van der Waals surface area contributed by atoms with E-state index in [2.05, 4.69) is 0 Å². The zero-order chi connectivity index (χ0) is 19.3. The van der Waals surface area contributed by atoms with Gasteiger partial charge in [0.2, 0.25) is 0 Å². The summed E-state index contributed by atoms with van der Waals surface area (Å²) in [4.78, 5) is 26.4. The van der Waals surface area contributed by atoms with Crippen LogP contribution in [-0.4, -0.2) is 78.2 Å². The van der Waals surface area contributed by atoms with Crippen molar-refractivity contribution in [2.24, 2.45) is 0 Å². The van der Waals surface area contributed by atoms with Crippen molar-refractivity contribution in [3.8, 4) is 0 Å². The molecular formula is C16H19F3N2O4S. The number of carbonyl (C=O) groups is 2.